The van der Waals surface area contributed by atoms with Crippen LogP contribution in [0.15, 0.2) is 24.3 Å². The zero-order valence-corrected chi connectivity index (χ0v) is 17.6. The average molecular weight is 442 g/mol. The lowest BCUT2D eigenvalue weighted by molar-refractivity contribution is -0.192. The molecule has 2 fully saturated rings. The number of carboxylic acid groups (broad SMARTS) is 1. The van der Waals surface area contributed by atoms with Gasteiger partial charge in [0.25, 0.3) is 0 Å². The quantitative estimate of drug-likeness (QED) is 0.780. The summed E-state index contributed by atoms with van der Waals surface area (Å²) >= 11 is 0. The minimum absolute atomic E-state index is 0.242. The molecule has 0 unspecified atom stereocenters. The van der Waals surface area contributed by atoms with E-state index in [0.717, 1.165) is 52.2 Å². The molecule has 172 valence electrons. The number of likely N-dealkylation sites (N-methyl/N-ethyl adjacent to an activating group) is 1. The highest BCUT2D eigenvalue weighted by molar-refractivity contribution is 5.77. The number of carboxylic acids is 1. The van der Waals surface area contributed by atoms with Crippen molar-refractivity contribution in [2.24, 2.45) is 11.8 Å². The van der Waals surface area contributed by atoms with Gasteiger partial charge in [0, 0.05) is 38.5 Å². The van der Waals surface area contributed by atoms with Gasteiger partial charge in [-0.3, -0.25) is 4.79 Å². The van der Waals surface area contributed by atoms with Crippen LogP contribution in [0.3, 0.4) is 0 Å². The number of carbonyl (C=O) groups is 2. The van der Waals surface area contributed by atoms with Crippen LogP contribution in [-0.4, -0.2) is 78.4 Å². The first-order valence-electron chi connectivity index (χ1n) is 10.7. The van der Waals surface area contributed by atoms with E-state index >= 15 is 0 Å². The van der Waals surface area contributed by atoms with Crippen LogP contribution in [0.1, 0.15) is 24.5 Å². The molecule has 6 nitrogen and oxygen atoms in total. The number of hydrogen-bond donors (Lipinski definition) is 1. The fourth-order valence-corrected chi connectivity index (χ4v) is 4.62. The van der Waals surface area contributed by atoms with E-state index in [-0.39, 0.29) is 6.10 Å². The van der Waals surface area contributed by atoms with E-state index in [9.17, 15) is 18.0 Å². The topological polar surface area (TPSA) is 70.1 Å². The van der Waals surface area contributed by atoms with Gasteiger partial charge in [0.1, 0.15) is 0 Å². The number of ether oxygens (including phenoxy) is 1. The van der Waals surface area contributed by atoms with Crippen LogP contribution in [0.4, 0.5) is 13.2 Å². The fraction of sp³-hybridized carbons (Fsp3) is 0.636. The second-order valence-electron chi connectivity index (χ2n) is 8.41. The van der Waals surface area contributed by atoms with E-state index < -0.39 is 12.1 Å². The van der Waals surface area contributed by atoms with Gasteiger partial charge >= 0.3 is 12.1 Å². The molecule has 1 amide bonds. The number of aliphatic carboxylic acids is 1. The molecule has 0 radical (unpaired) electrons. The minimum atomic E-state index is -5.08. The number of amides is 1. The Kier molecular flexibility index (Phi) is 7.59. The van der Waals surface area contributed by atoms with Crippen LogP contribution in [0.2, 0.25) is 0 Å². The van der Waals surface area contributed by atoms with E-state index in [4.69, 9.17) is 14.6 Å². The number of fused-ring (bicyclic) bond motifs is 2. The number of likely N-dealkylation sites (tertiary alicyclic amines) is 1. The molecule has 0 saturated carbocycles. The van der Waals surface area contributed by atoms with Crippen molar-refractivity contribution in [3.63, 3.8) is 0 Å². The molecular weight excluding hydrogens is 413 g/mol. The van der Waals surface area contributed by atoms with Gasteiger partial charge in [0.15, 0.2) is 0 Å². The van der Waals surface area contributed by atoms with E-state index in [2.05, 4.69) is 41.0 Å². The molecule has 2 saturated heterocycles. The summed E-state index contributed by atoms with van der Waals surface area (Å²) in [6, 6.07) is 8.63. The van der Waals surface area contributed by atoms with Crippen LogP contribution in [0, 0.1) is 11.8 Å². The zero-order chi connectivity index (χ0) is 22.6. The lowest BCUT2D eigenvalue weighted by atomic mass is 10.0. The lowest BCUT2D eigenvalue weighted by Crippen LogP contribution is -2.34. The summed E-state index contributed by atoms with van der Waals surface area (Å²) < 4.78 is 37.8. The third-order valence-electron chi connectivity index (χ3n) is 6.25. The Morgan fingerprint density at radius 3 is 2.29 bits per heavy atom. The van der Waals surface area contributed by atoms with Crippen LogP contribution in [0.5, 0.6) is 0 Å². The summed E-state index contributed by atoms with van der Waals surface area (Å²) in [7, 11) is 0. The molecule has 0 spiro atoms. The van der Waals surface area contributed by atoms with Crippen molar-refractivity contribution in [2.75, 3.05) is 39.3 Å². The summed E-state index contributed by atoms with van der Waals surface area (Å²) in [4.78, 5) is 26.2. The molecule has 2 heterocycles. The SMILES string of the molecule is CCN1CCO[C@@H]2CN(C(=O)CC3Cc4ccccc4C3)C[C@@H]2C1.O=C(O)C(F)(F)F. The molecular formula is C22H29F3N2O4. The van der Waals surface area contributed by atoms with Gasteiger partial charge in [-0.05, 0) is 36.4 Å². The Hall–Kier alpha value is -2.13. The number of carbonyl (C=O) groups excluding carboxylic acids is 1. The maximum atomic E-state index is 12.8. The lowest BCUT2D eigenvalue weighted by Gasteiger charge is -2.22. The Bertz CT molecular complexity index is 761. The number of nitrogens with zero attached hydrogens (tertiary/aromatic N) is 2. The highest BCUT2D eigenvalue weighted by atomic mass is 19.4. The smallest absolute Gasteiger partial charge is 0.475 e. The van der Waals surface area contributed by atoms with Crippen LogP contribution >= 0.6 is 0 Å². The number of hydrogen-bond acceptors (Lipinski definition) is 4. The molecule has 1 N–H and O–H groups in total. The van der Waals surface area contributed by atoms with Crippen molar-refractivity contribution in [3.8, 4) is 0 Å². The summed E-state index contributed by atoms with van der Waals surface area (Å²) in [6.45, 7) is 7.84. The third-order valence-corrected chi connectivity index (χ3v) is 6.25. The number of rotatable bonds is 3. The second kappa shape index (κ2) is 9.99. The van der Waals surface area contributed by atoms with E-state index in [1.807, 2.05) is 0 Å². The molecule has 0 bridgehead atoms. The number of alkyl halides is 3. The standard InChI is InChI=1S/C20H28N2O2.C2HF3O2/c1-2-21-7-8-24-19-14-22(13-18(19)12-21)20(23)11-15-9-16-5-3-4-6-17(16)10-15;3-2(4,5)1(6)7/h3-6,15,18-19H,2,7-14H2,1H3;(H,6,7)/t18-,19+;/m0./s1. The molecule has 2 aliphatic heterocycles. The Morgan fingerprint density at radius 2 is 1.74 bits per heavy atom. The summed E-state index contributed by atoms with van der Waals surface area (Å²) in [5.41, 5.74) is 2.87. The Balaban J connectivity index is 0.000000339. The first-order chi connectivity index (χ1) is 14.7. The minimum Gasteiger partial charge on any atom is -0.475 e. The molecule has 31 heavy (non-hydrogen) atoms. The molecule has 3 aliphatic rings. The van der Waals surface area contributed by atoms with E-state index in [0.29, 0.717) is 24.2 Å². The second-order valence-corrected chi connectivity index (χ2v) is 8.41. The largest absolute Gasteiger partial charge is 0.490 e. The molecule has 1 aromatic carbocycles. The van der Waals surface area contributed by atoms with Crippen LogP contribution < -0.4 is 0 Å². The maximum Gasteiger partial charge on any atom is 0.490 e. The van der Waals surface area contributed by atoms with Gasteiger partial charge < -0.3 is 19.6 Å². The van der Waals surface area contributed by atoms with E-state index in [1.165, 1.54) is 11.1 Å². The average Bonchev–Trinajstić information content (AvgIpc) is 3.25. The molecule has 2 atom stereocenters. The molecule has 0 aromatic heterocycles. The first-order valence-corrected chi connectivity index (χ1v) is 10.7. The summed E-state index contributed by atoms with van der Waals surface area (Å²) in [5.74, 6) is -1.47. The molecule has 1 aliphatic carbocycles. The van der Waals surface area contributed by atoms with E-state index in [1.54, 1.807) is 0 Å². The highest BCUT2D eigenvalue weighted by Crippen LogP contribution is 2.30. The normalized spacial score (nSPS) is 24.1. The maximum absolute atomic E-state index is 12.8. The van der Waals surface area contributed by atoms with Crippen molar-refractivity contribution < 1.29 is 32.6 Å². The summed E-state index contributed by atoms with van der Waals surface area (Å²) in [6.07, 6.45) is -2.04. The molecule has 9 heteroatoms. The first kappa shape index (κ1) is 23.5. The van der Waals surface area contributed by atoms with Crippen molar-refractivity contribution in [1.29, 1.82) is 0 Å². The van der Waals surface area contributed by atoms with Gasteiger partial charge in [0.2, 0.25) is 5.91 Å². The van der Waals surface area contributed by atoms with Gasteiger partial charge in [-0.15, -0.1) is 0 Å². The van der Waals surface area contributed by atoms with Crippen LogP contribution in [0.25, 0.3) is 0 Å². The Labute approximate surface area is 180 Å². The fourth-order valence-electron chi connectivity index (χ4n) is 4.62. The van der Waals surface area contributed by atoms with Crippen molar-refractivity contribution >= 4 is 11.9 Å². The van der Waals surface area contributed by atoms with Crippen molar-refractivity contribution in [3.05, 3.63) is 35.4 Å². The van der Waals surface area contributed by atoms with Crippen molar-refractivity contribution in [2.45, 2.75) is 38.5 Å². The number of halogens is 3. The monoisotopic (exact) mass is 442 g/mol. The van der Waals surface area contributed by atoms with Crippen LogP contribution in [-0.2, 0) is 27.2 Å². The van der Waals surface area contributed by atoms with Gasteiger partial charge in [-0.1, -0.05) is 31.2 Å². The Morgan fingerprint density at radius 1 is 1.13 bits per heavy atom. The van der Waals surface area contributed by atoms with Gasteiger partial charge in [-0.25, -0.2) is 4.79 Å². The van der Waals surface area contributed by atoms with Crippen molar-refractivity contribution in [1.82, 2.24) is 9.80 Å². The molecule has 4 rings (SSSR count). The number of benzene rings is 1. The third kappa shape index (κ3) is 6.20. The van der Waals surface area contributed by atoms with Gasteiger partial charge in [-0.2, -0.15) is 13.2 Å². The summed E-state index contributed by atoms with van der Waals surface area (Å²) in [5, 5.41) is 7.12. The molecule has 1 aromatic rings. The van der Waals surface area contributed by atoms with Gasteiger partial charge in [0.05, 0.1) is 12.7 Å². The predicted molar refractivity (Wildman–Crippen MR) is 108 cm³/mol. The highest BCUT2D eigenvalue weighted by Gasteiger charge is 2.39. The zero-order valence-electron chi connectivity index (χ0n) is 17.6. The predicted octanol–water partition coefficient (Wildman–Crippen LogP) is 2.60.